The number of aryl methyl sites for hydroxylation is 1. The van der Waals surface area contributed by atoms with E-state index in [2.05, 4.69) is 9.71 Å². The van der Waals surface area contributed by atoms with Crippen LogP contribution in [0.1, 0.15) is 5.56 Å². The molecule has 4 rings (SSSR count). The number of pyridine rings is 1. The third kappa shape index (κ3) is 3.07. The zero-order valence-corrected chi connectivity index (χ0v) is 16.2. The lowest BCUT2D eigenvalue weighted by Gasteiger charge is -2.13. The molecule has 2 heterocycles. The number of benzene rings is 2. The third-order valence-electron chi connectivity index (χ3n) is 4.38. The number of phenolic OH excluding ortho intramolecular Hbond substituents is 1. The predicted molar refractivity (Wildman–Crippen MR) is 110 cm³/mol. The first-order chi connectivity index (χ1) is 12.7. The summed E-state index contributed by atoms with van der Waals surface area (Å²) in [6.07, 6.45) is 1.10. The molecule has 4 aromatic rings. The quantitative estimate of drug-likeness (QED) is 0.487. The first-order valence-electron chi connectivity index (χ1n) is 8.08. The van der Waals surface area contributed by atoms with Gasteiger partial charge in [0, 0.05) is 21.9 Å². The molecule has 0 saturated carbocycles. The molecule has 2 aromatic heterocycles. The molecule has 0 spiro atoms. The van der Waals surface area contributed by atoms with Gasteiger partial charge in [-0.05, 0) is 53.8 Å². The average Bonchev–Trinajstić information content (AvgIpc) is 3.07. The number of hydrogen-bond donors (Lipinski definition) is 3. The standard InChI is InChI=1S/C19H16N2O4S2/c1-10-9-11(3-4-13(10)21-27(2,24)25)16-15(22)6-5-14-17(16)12-7-8-26-18(12)19(23)20-14/h3-9,21-22H,1-2H3,(H,20,23). The maximum Gasteiger partial charge on any atom is 0.266 e. The normalized spacial score (nSPS) is 11.9. The van der Waals surface area contributed by atoms with Crippen LogP contribution in [0.5, 0.6) is 5.75 Å². The summed E-state index contributed by atoms with van der Waals surface area (Å²) in [6, 6.07) is 10.3. The second-order valence-corrected chi connectivity index (χ2v) is 9.07. The number of hydrogen-bond acceptors (Lipinski definition) is 5. The maximum absolute atomic E-state index is 12.2. The summed E-state index contributed by atoms with van der Waals surface area (Å²) in [7, 11) is -3.38. The number of H-pyrrole nitrogens is 1. The van der Waals surface area contributed by atoms with Gasteiger partial charge < -0.3 is 10.1 Å². The molecular formula is C19H16N2O4S2. The highest BCUT2D eigenvalue weighted by molar-refractivity contribution is 7.92. The number of aromatic hydroxyl groups is 1. The second-order valence-electron chi connectivity index (χ2n) is 6.40. The monoisotopic (exact) mass is 400 g/mol. The fraction of sp³-hybridized carbons (Fsp3) is 0.105. The van der Waals surface area contributed by atoms with Gasteiger partial charge in [0.1, 0.15) is 10.4 Å². The molecule has 0 fully saturated rings. The topological polar surface area (TPSA) is 99.3 Å². The van der Waals surface area contributed by atoms with Gasteiger partial charge in [0.05, 0.1) is 11.9 Å². The Bertz CT molecular complexity index is 1370. The van der Waals surface area contributed by atoms with Gasteiger partial charge >= 0.3 is 0 Å². The van der Waals surface area contributed by atoms with E-state index in [9.17, 15) is 18.3 Å². The van der Waals surface area contributed by atoms with E-state index in [0.717, 1.165) is 28.2 Å². The van der Waals surface area contributed by atoms with Crippen LogP contribution < -0.4 is 10.3 Å². The lowest BCUT2D eigenvalue weighted by molar-refractivity contribution is 0.478. The fourth-order valence-corrected chi connectivity index (χ4v) is 4.69. The minimum absolute atomic E-state index is 0.0882. The molecule has 0 saturated heterocycles. The number of phenols is 1. The Hall–Kier alpha value is -2.84. The van der Waals surface area contributed by atoms with E-state index < -0.39 is 10.0 Å². The van der Waals surface area contributed by atoms with Crippen LogP contribution in [0.15, 0.2) is 46.6 Å². The lowest BCUT2D eigenvalue weighted by atomic mass is 9.96. The average molecular weight is 400 g/mol. The molecule has 8 heteroatoms. The Morgan fingerprint density at radius 2 is 1.93 bits per heavy atom. The Balaban J connectivity index is 2.02. The number of anilines is 1. The Morgan fingerprint density at radius 3 is 2.63 bits per heavy atom. The molecule has 0 atom stereocenters. The van der Waals surface area contributed by atoms with E-state index in [0.29, 0.717) is 21.5 Å². The Labute approximate surface area is 159 Å². The largest absolute Gasteiger partial charge is 0.507 e. The molecule has 3 N–H and O–H groups in total. The highest BCUT2D eigenvalue weighted by atomic mass is 32.2. The summed E-state index contributed by atoms with van der Waals surface area (Å²) in [4.78, 5) is 15.1. The first kappa shape index (κ1) is 17.6. The van der Waals surface area contributed by atoms with E-state index in [1.807, 2.05) is 17.5 Å². The zero-order chi connectivity index (χ0) is 19.3. The Morgan fingerprint density at radius 1 is 1.15 bits per heavy atom. The summed E-state index contributed by atoms with van der Waals surface area (Å²) in [5, 5.41) is 14.0. The lowest BCUT2D eigenvalue weighted by Crippen LogP contribution is -2.10. The highest BCUT2D eigenvalue weighted by Crippen LogP contribution is 2.40. The van der Waals surface area contributed by atoms with Crippen molar-refractivity contribution in [3.8, 4) is 16.9 Å². The zero-order valence-electron chi connectivity index (χ0n) is 14.5. The SMILES string of the molecule is Cc1cc(-c2c(O)ccc3[nH]c(=O)c4sccc4c23)ccc1NS(C)(=O)=O. The van der Waals surface area contributed by atoms with Crippen molar-refractivity contribution in [2.75, 3.05) is 11.0 Å². The summed E-state index contributed by atoms with van der Waals surface area (Å²) < 4.78 is 26.1. The summed E-state index contributed by atoms with van der Waals surface area (Å²) in [5.41, 5.74) is 3.01. The van der Waals surface area contributed by atoms with Gasteiger partial charge in [0.15, 0.2) is 0 Å². The number of sulfonamides is 1. The molecule has 0 aliphatic rings. The smallest absolute Gasteiger partial charge is 0.266 e. The molecule has 0 aliphatic carbocycles. The molecule has 0 unspecified atom stereocenters. The van der Waals surface area contributed by atoms with Gasteiger partial charge in [-0.3, -0.25) is 9.52 Å². The van der Waals surface area contributed by atoms with Crippen LogP contribution in [0, 0.1) is 6.92 Å². The van der Waals surface area contributed by atoms with Crippen LogP contribution in [0.2, 0.25) is 0 Å². The van der Waals surface area contributed by atoms with E-state index >= 15 is 0 Å². The van der Waals surface area contributed by atoms with Gasteiger partial charge in [0.25, 0.3) is 5.56 Å². The van der Waals surface area contributed by atoms with Gasteiger partial charge in [-0.1, -0.05) is 6.07 Å². The number of aromatic nitrogens is 1. The second kappa shape index (κ2) is 6.11. The minimum Gasteiger partial charge on any atom is -0.507 e. The molecule has 0 radical (unpaired) electrons. The molecule has 2 aromatic carbocycles. The van der Waals surface area contributed by atoms with Gasteiger partial charge in [-0.25, -0.2) is 8.42 Å². The van der Waals surface area contributed by atoms with Crippen LogP contribution in [0.25, 0.3) is 32.1 Å². The highest BCUT2D eigenvalue weighted by Gasteiger charge is 2.16. The van der Waals surface area contributed by atoms with Crippen LogP contribution >= 0.6 is 11.3 Å². The fourth-order valence-electron chi connectivity index (χ4n) is 3.26. The van der Waals surface area contributed by atoms with Crippen molar-refractivity contribution in [2.24, 2.45) is 0 Å². The summed E-state index contributed by atoms with van der Waals surface area (Å²) >= 11 is 1.35. The van der Waals surface area contributed by atoms with E-state index in [-0.39, 0.29) is 11.3 Å². The van der Waals surface area contributed by atoms with Crippen molar-refractivity contribution in [2.45, 2.75) is 6.92 Å². The molecule has 0 aliphatic heterocycles. The van der Waals surface area contributed by atoms with Gasteiger partial charge in [0.2, 0.25) is 10.0 Å². The number of nitrogens with one attached hydrogen (secondary N) is 2. The van der Waals surface area contributed by atoms with E-state index in [4.69, 9.17) is 0 Å². The molecule has 138 valence electrons. The van der Waals surface area contributed by atoms with Crippen molar-refractivity contribution in [1.82, 2.24) is 4.98 Å². The van der Waals surface area contributed by atoms with E-state index in [1.54, 1.807) is 31.2 Å². The van der Waals surface area contributed by atoms with Crippen LogP contribution in [0.3, 0.4) is 0 Å². The van der Waals surface area contributed by atoms with E-state index in [1.165, 1.54) is 11.3 Å². The van der Waals surface area contributed by atoms with Crippen molar-refractivity contribution >= 4 is 48.0 Å². The van der Waals surface area contributed by atoms with Gasteiger partial charge in [-0.15, -0.1) is 11.3 Å². The van der Waals surface area contributed by atoms with Crippen LogP contribution in [-0.4, -0.2) is 24.8 Å². The Kier molecular flexibility index (Phi) is 3.97. The van der Waals surface area contributed by atoms with Crippen LogP contribution in [-0.2, 0) is 10.0 Å². The third-order valence-corrected chi connectivity index (χ3v) is 5.89. The molecular weight excluding hydrogens is 384 g/mol. The van der Waals surface area contributed by atoms with Gasteiger partial charge in [-0.2, -0.15) is 0 Å². The van der Waals surface area contributed by atoms with Crippen LogP contribution in [0.4, 0.5) is 5.69 Å². The number of rotatable bonds is 3. The predicted octanol–water partition coefficient (Wildman–Crippen LogP) is 3.80. The molecule has 0 amide bonds. The first-order valence-corrected chi connectivity index (χ1v) is 10.9. The number of aromatic amines is 1. The summed E-state index contributed by atoms with van der Waals surface area (Å²) in [5.74, 6) is 0.0882. The number of fused-ring (bicyclic) bond motifs is 3. The van der Waals surface area contributed by atoms with Crippen molar-refractivity contribution < 1.29 is 13.5 Å². The van der Waals surface area contributed by atoms with Crippen molar-refractivity contribution in [1.29, 1.82) is 0 Å². The number of thiophene rings is 1. The molecule has 27 heavy (non-hydrogen) atoms. The summed E-state index contributed by atoms with van der Waals surface area (Å²) in [6.45, 7) is 1.79. The van der Waals surface area contributed by atoms with Crippen molar-refractivity contribution in [3.05, 3.63) is 57.7 Å². The maximum atomic E-state index is 12.2. The molecule has 0 bridgehead atoms. The van der Waals surface area contributed by atoms with Crippen molar-refractivity contribution in [3.63, 3.8) is 0 Å². The molecule has 6 nitrogen and oxygen atoms in total. The minimum atomic E-state index is -3.38.